The van der Waals surface area contributed by atoms with Crippen molar-refractivity contribution in [2.75, 3.05) is 24.8 Å². The molecule has 7 heteroatoms. The molecule has 0 aliphatic heterocycles. The van der Waals surface area contributed by atoms with Crippen molar-refractivity contribution in [2.45, 2.75) is 58.2 Å². The van der Waals surface area contributed by atoms with Crippen LogP contribution in [0.25, 0.3) is 11.4 Å². The highest BCUT2D eigenvalue weighted by Gasteiger charge is 2.18. The van der Waals surface area contributed by atoms with Crippen molar-refractivity contribution in [3.8, 4) is 11.4 Å². The van der Waals surface area contributed by atoms with Crippen LogP contribution in [0.3, 0.4) is 0 Å². The van der Waals surface area contributed by atoms with E-state index in [1.54, 1.807) is 7.11 Å². The zero-order valence-corrected chi connectivity index (χ0v) is 21.3. The number of hydrogen-bond donors (Lipinski definition) is 1. The molecule has 1 amide bonds. The Hall–Kier alpha value is -2.64. The molecule has 2 aromatic carbocycles. The summed E-state index contributed by atoms with van der Waals surface area (Å²) in [6.07, 6.45) is 0.837. The van der Waals surface area contributed by atoms with Gasteiger partial charge < -0.3 is 14.6 Å². The number of methoxy groups -OCH3 is 1. The van der Waals surface area contributed by atoms with E-state index < -0.39 is 0 Å². The van der Waals surface area contributed by atoms with Crippen LogP contribution in [0, 0.1) is 13.8 Å². The molecule has 3 rings (SSSR count). The zero-order valence-electron chi connectivity index (χ0n) is 20.4. The smallest absolute Gasteiger partial charge is 0.234 e. The highest BCUT2D eigenvalue weighted by Crippen LogP contribution is 2.28. The summed E-state index contributed by atoms with van der Waals surface area (Å²) in [5, 5.41) is 12.6. The second-order valence-electron chi connectivity index (χ2n) is 9.22. The fourth-order valence-corrected chi connectivity index (χ4v) is 4.26. The minimum Gasteiger partial charge on any atom is -0.385 e. The number of anilines is 1. The zero-order chi connectivity index (χ0) is 24.0. The maximum absolute atomic E-state index is 12.6. The molecule has 0 atom stereocenters. The standard InChI is InChI=1S/C26H34N4O2S/c1-18-9-7-10-22(19(18)2)27-23(31)17-33-25-29-28-24(30(25)15-8-16-32-6)20-11-13-21(14-12-20)26(3,4)5/h7,9-14H,8,15-17H2,1-6H3,(H,27,31). The third-order valence-corrected chi connectivity index (χ3v) is 6.63. The molecule has 0 radical (unpaired) electrons. The number of amides is 1. The fraction of sp³-hybridized carbons (Fsp3) is 0.423. The molecule has 0 bridgehead atoms. The first kappa shape index (κ1) is 25.0. The summed E-state index contributed by atoms with van der Waals surface area (Å²) in [5.41, 5.74) is 5.46. The number of carbonyl (C=O) groups excluding carboxylic acids is 1. The first-order valence-electron chi connectivity index (χ1n) is 11.2. The van der Waals surface area contributed by atoms with Crippen LogP contribution in [0.5, 0.6) is 0 Å². The van der Waals surface area contributed by atoms with Crippen LogP contribution in [-0.4, -0.2) is 40.1 Å². The molecule has 3 aromatic rings. The minimum absolute atomic E-state index is 0.0591. The Balaban J connectivity index is 1.76. The molecule has 176 valence electrons. The molecule has 33 heavy (non-hydrogen) atoms. The average Bonchev–Trinajstić information content (AvgIpc) is 3.18. The monoisotopic (exact) mass is 466 g/mol. The summed E-state index contributed by atoms with van der Waals surface area (Å²) in [7, 11) is 1.70. The lowest BCUT2D eigenvalue weighted by atomic mass is 9.87. The van der Waals surface area contributed by atoms with E-state index in [0.717, 1.165) is 46.3 Å². The van der Waals surface area contributed by atoms with Crippen LogP contribution in [0.4, 0.5) is 5.69 Å². The molecular formula is C26H34N4O2S. The summed E-state index contributed by atoms with van der Waals surface area (Å²) in [5.74, 6) is 1.01. The van der Waals surface area contributed by atoms with Gasteiger partial charge in [-0.2, -0.15) is 0 Å². The summed E-state index contributed by atoms with van der Waals surface area (Å²) in [6, 6.07) is 14.4. The Kier molecular flexibility index (Phi) is 8.32. The average molecular weight is 467 g/mol. The third kappa shape index (κ3) is 6.45. The van der Waals surface area contributed by atoms with Crippen molar-refractivity contribution in [1.29, 1.82) is 0 Å². The van der Waals surface area contributed by atoms with Gasteiger partial charge in [-0.15, -0.1) is 10.2 Å². The molecule has 1 aromatic heterocycles. The van der Waals surface area contributed by atoms with E-state index >= 15 is 0 Å². The van der Waals surface area contributed by atoms with Crippen molar-refractivity contribution in [3.63, 3.8) is 0 Å². The molecule has 6 nitrogen and oxygen atoms in total. The molecule has 0 saturated heterocycles. The van der Waals surface area contributed by atoms with Gasteiger partial charge in [-0.3, -0.25) is 4.79 Å². The van der Waals surface area contributed by atoms with Crippen LogP contribution in [-0.2, 0) is 21.5 Å². The number of thioether (sulfide) groups is 1. The Morgan fingerprint density at radius 1 is 1.09 bits per heavy atom. The van der Waals surface area contributed by atoms with Crippen molar-refractivity contribution >= 4 is 23.4 Å². The number of carbonyl (C=O) groups is 1. The molecular weight excluding hydrogens is 432 g/mol. The lowest BCUT2D eigenvalue weighted by Crippen LogP contribution is -2.16. The number of aryl methyl sites for hydroxylation is 1. The maximum Gasteiger partial charge on any atom is 0.234 e. The summed E-state index contributed by atoms with van der Waals surface area (Å²) in [4.78, 5) is 12.6. The van der Waals surface area contributed by atoms with Gasteiger partial charge in [0.25, 0.3) is 0 Å². The van der Waals surface area contributed by atoms with E-state index in [4.69, 9.17) is 4.74 Å². The highest BCUT2D eigenvalue weighted by molar-refractivity contribution is 7.99. The summed E-state index contributed by atoms with van der Waals surface area (Å²) < 4.78 is 7.32. The van der Waals surface area contributed by atoms with Crippen molar-refractivity contribution < 1.29 is 9.53 Å². The number of hydrogen-bond acceptors (Lipinski definition) is 5. The molecule has 1 heterocycles. The van der Waals surface area contributed by atoms with E-state index in [1.807, 2.05) is 32.0 Å². The number of aromatic nitrogens is 3. The molecule has 0 unspecified atom stereocenters. The lowest BCUT2D eigenvalue weighted by Gasteiger charge is -2.19. The first-order valence-corrected chi connectivity index (χ1v) is 12.2. The Bertz CT molecular complexity index is 1080. The van der Waals surface area contributed by atoms with Crippen LogP contribution < -0.4 is 5.32 Å². The van der Waals surface area contributed by atoms with Gasteiger partial charge in [-0.1, -0.05) is 68.9 Å². The molecule has 1 N–H and O–H groups in total. The Morgan fingerprint density at radius 2 is 1.82 bits per heavy atom. The van der Waals surface area contributed by atoms with Crippen LogP contribution >= 0.6 is 11.8 Å². The highest BCUT2D eigenvalue weighted by atomic mass is 32.2. The number of nitrogens with zero attached hydrogens (tertiary/aromatic N) is 3. The molecule has 0 aliphatic rings. The van der Waals surface area contributed by atoms with Gasteiger partial charge in [0.1, 0.15) is 0 Å². The third-order valence-electron chi connectivity index (χ3n) is 5.67. The number of benzene rings is 2. The fourth-order valence-electron chi connectivity index (χ4n) is 3.50. The van der Waals surface area contributed by atoms with Crippen LogP contribution in [0.2, 0.25) is 0 Å². The lowest BCUT2D eigenvalue weighted by molar-refractivity contribution is -0.113. The van der Waals surface area contributed by atoms with E-state index in [0.29, 0.717) is 6.61 Å². The van der Waals surface area contributed by atoms with Gasteiger partial charge in [0, 0.05) is 31.5 Å². The molecule has 0 fully saturated rings. The van der Waals surface area contributed by atoms with Gasteiger partial charge in [0.05, 0.1) is 5.75 Å². The maximum atomic E-state index is 12.6. The van der Waals surface area contributed by atoms with Crippen molar-refractivity contribution in [2.24, 2.45) is 0 Å². The van der Waals surface area contributed by atoms with Crippen LogP contribution in [0.1, 0.15) is 43.9 Å². The number of nitrogens with one attached hydrogen (secondary N) is 1. The second-order valence-corrected chi connectivity index (χ2v) is 10.2. The summed E-state index contributed by atoms with van der Waals surface area (Å²) >= 11 is 1.40. The minimum atomic E-state index is -0.0591. The predicted molar refractivity (Wildman–Crippen MR) is 136 cm³/mol. The largest absolute Gasteiger partial charge is 0.385 e. The van der Waals surface area contributed by atoms with E-state index in [2.05, 4.69) is 65.1 Å². The first-order chi connectivity index (χ1) is 15.7. The van der Waals surface area contributed by atoms with E-state index in [9.17, 15) is 4.79 Å². The Labute approximate surface area is 201 Å². The SMILES string of the molecule is COCCCn1c(SCC(=O)Nc2cccc(C)c2C)nnc1-c1ccc(C(C)(C)C)cc1. The quantitative estimate of drug-likeness (QED) is 0.327. The van der Waals surface area contributed by atoms with Gasteiger partial charge in [0.2, 0.25) is 5.91 Å². The van der Waals surface area contributed by atoms with Gasteiger partial charge in [0.15, 0.2) is 11.0 Å². The second kappa shape index (κ2) is 11.0. The molecule has 0 aliphatic carbocycles. The van der Waals surface area contributed by atoms with Gasteiger partial charge in [-0.25, -0.2) is 0 Å². The predicted octanol–water partition coefficient (Wildman–Crippen LogP) is 5.63. The van der Waals surface area contributed by atoms with Gasteiger partial charge >= 0.3 is 0 Å². The van der Waals surface area contributed by atoms with E-state index in [1.165, 1.54) is 17.3 Å². The number of rotatable bonds is 9. The van der Waals surface area contributed by atoms with Crippen molar-refractivity contribution in [1.82, 2.24) is 14.8 Å². The van der Waals surface area contributed by atoms with Gasteiger partial charge in [-0.05, 0) is 48.4 Å². The normalized spacial score (nSPS) is 11.6. The topological polar surface area (TPSA) is 69.0 Å². The van der Waals surface area contributed by atoms with E-state index in [-0.39, 0.29) is 17.1 Å². The Morgan fingerprint density at radius 3 is 2.48 bits per heavy atom. The molecule has 0 spiro atoms. The summed E-state index contributed by atoms with van der Waals surface area (Å²) in [6.45, 7) is 12.0. The van der Waals surface area contributed by atoms with Crippen molar-refractivity contribution in [3.05, 3.63) is 59.2 Å². The van der Waals surface area contributed by atoms with Crippen LogP contribution in [0.15, 0.2) is 47.6 Å². The molecule has 0 saturated carbocycles. The number of ether oxygens (including phenoxy) is 1.